The predicted octanol–water partition coefficient (Wildman–Crippen LogP) is 3.84. The van der Waals surface area contributed by atoms with Crippen LogP contribution >= 0.6 is 11.8 Å². The molecule has 0 fully saturated rings. The first-order chi connectivity index (χ1) is 9.62. The Morgan fingerprint density at radius 2 is 1.85 bits per heavy atom. The van der Waals surface area contributed by atoms with Crippen LogP contribution in [0.1, 0.15) is 26.3 Å². The second-order valence-corrected chi connectivity index (χ2v) is 5.04. The fourth-order valence-electron chi connectivity index (χ4n) is 1.65. The molecule has 0 aliphatic carbocycles. The van der Waals surface area contributed by atoms with Crippen LogP contribution in [0.3, 0.4) is 0 Å². The van der Waals surface area contributed by atoms with Crippen molar-refractivity contribution < 1.29 is 14.4 Å². The van der Waals surface area contributed by atoms with Crippen LogP contribution in [0.15, 0.2) is 23.2 Å². The minimum Gasteiger partial charge on any atom is -0.493 e. The van der Waals surface area contributed by atoms with Crippen molar-refractivity contribution in [2.75, 3.05) is 19.0 Å². The van der Waals surface area contributed by atoms with E-state index in [0.29, 0.717) is 24.5 Å². The van der Waals surface area contributed by atoms with E-state index in [4.69, 9.17) is 9.47 Å². The molecule has 6 heteroatoms. The average Bonchev–Trinajstić information content (AvgIpc) is 2.40. The lowest BCUT2D eigenvalue weighted by molar-refractivity contribution is -0.400. The number of benzene rings is 1. The maximum atomic E-state index is 10.5. The van der Waals surface area contributed by atoms with Crippen molar-refractivity contribution in [3.63, 3.8) is 0 Å². The quantitative estimate of drug-likeness (QED) is 0.414. The first kappa shape index (κ1) is 16.4. The standard InChI is InChI=1S/C14H19NO4S/c1-4-18-12-10-14(20-6-3)13(19-5-2)9-11(12)7-8-15(16)17/h7-10H,4-6H2,1-3H3. The van der Waals surface area contributed by atoms with Gasteiger partial charge in [0.05, 0.1) is 23.0 Å². The van der Waals surface area contributed by atoms with Crippen molar-refractivity contribution >= 4 is 17.8 Å². The number of nitro groups is 1. The van der Waals surface area contributed by atoms with E-state index in [1.807, 2.05) is 19.9 Å². The number of thioether (sulfide) groups is 1. The molecule has 0 aromatic heterocycles. The number of nitrogens with zero attached hydrogens (tertiary/aromatic N) is 1. The van der Waals surface area contributed by atoms with E-state index in [0.717, 1.165) is 22.6 Å². The summed E-state index contributed by atoms with van der Waals surface area (Å²) in [4.78, 5) is 11.0. The number of ether oxygens (including phenoxy) is 2. The summed E-state index contributed by atoms with van der Waals surface area (Å²) in [7, 11) is 0. The van der Waals surface area contributed by atoms with Gasteiger partial charge in [-0.3, -0.25) is 10.1 Å². The van der Waals surface area contributed by atoms with Crippen LogP contribution in [0.5, 0.6) is 11.5 Å². The second-order valence-electron chi connectivity index (χ2n) is 3.74. The molecule has 0 radical (unpaired) electrons. The van der Waals surface area contributed by atoms with Crippen molar-refractivity contribution in [2.45, 2.75) is 25.7 Å². The Morgan fingerprint density at radius 1 is 1.20 bits per heavy atom. The molecule has 0 aliphatic rings. The van der Waals surface area contributed by atoms with Crippen molar-refractivity contribution in [1.82, 2.24) is 0 Å². The number of hydrogen-bond acceptors (Lipinski definition) is 5. The van der Waals surface area contributed by atoms with Gasteiger partial charge in [-0.2, -0.15) is 0 Å². The highest BCUT2D eigenvalue weighted by Crippen LogP contribution is 2.36. The van der Waals surface area contributed by atoms with Gasteiger partial charge in [-0.25, -0.2) is 0 Å². The average molecular weight is 297 g/mol. The van der Waals surface area contributed by atoms with E-state index in [2.05, 4.69) is 6.92 Å². The molecular formula is C14H19NO4S. The van der Waals surface area contributed by atoms with Crippen molar-refractivity contribution in [1.29, 1.82) is 0 Å². The predicted molar refractivity (Wildman–Crippen MR) is 81.2 cm³/mol. The SMILES string of the molecule is CCOc1cc(SCC)c(OCC)cc1C=C[N+](=O)[O-]. The van der Waals surface area contributed by atoms with Crippen LogP contribution in [0.25, 0.3) is 6.08 Å². The van der Waals surface area contributed by atoms with Crippen LogP contribution in [-0.4, -0.2) is 23.9 Å². The van der Waals surface area contributed by atoms with Crippen LogP contribution in [0.4, 0.5) is 0 Å². The summed E-state index contributed by atoms with van der Waals surface area (Å²) in [5.41, 5.74) is 0.646. The van der Waals surface area contributed by atoms with Crippen molar-refractivity contribution in [3.05, 3.63) is 34.0 Å². The summed E-state index contributed by atoms with van der Waals surface area (Å²) >= 11 is 1.65. The molecular weight excluding hydrogens is 278 g/mol. The molecule has 0 unspecified atom stereocenters. The van der Waals surface area contributed by atoms with Crippen LogP contribution in [0.2, 0.25) is 0 Å². The molecule has 1 aromatic rings. The Kier molecular flexibility index (Phi) is 6.93. The molecule has 0 bridgehead atoms. The lowest BCUT2D eigenvalue weighted by atomic mass is 10.2. The fourth-order valence-corrected chi connectivity index (χ4v) is 2.41. The molecule has 0 aliphatic heterocycles. The number of rotatable bonds is 8. The van der Waals surface area contributed by atoms with Crippen LogP contribution in [0, 0.1) is 10.1 Å². The molecule has 0 N–H and O–H groups in total. The van der Waals surface area contributed by atoms with E-state index < -0.39 is 4.92 Å². The molecule has 1 rings (SSSR count). The highest BCUT2D eigenvalue weighted by atomic mass is 32.2. The van der Waals surface area contributed by atoms with Gasteiger partial charge in [0.15, 0.2) is 0 Å². The Balaban J connectivity index is 3.24. The van der Waals surface area contributed by atoms with E-state index in [9.17, 15) is 10.1 Å². The smallest absolute Gasteiger partial charge is 0.235 e. The second kappa shape index (κ2) is 8.47. The molecule has 5 nitrogen and oxygen atoms in total. The van der Waals surface area contributed by atoms with Gasteiger partial charge in [0.1, 0.15) is 11.5 Å². The fraction of sp³-hybridized carbons (Fsp3) is 0.429. The van der Waals surface area contributed by atoms with Gasteiger partial charge < -0.3 is 9.47 Å². The van der Waals surface area contributed by atoms with E-state index >= 15 is 0 Å². The summed E-state index contributed by atoms with van der Waals surface area (Å²) in [6.07, 6.45) is 2.33. The zero-order valence-electron chi connectivity index (χ0n) is 11.9. The van der Waals surface area contributed by atoms with E-state index in [1.54, 1.807) is 17.8 Å². The summed E-state index contributed by atoms with van der Waals surface area (Å²) in [5, 5.41) is 10.5. The molecule has 1 aromatic carbocycles. The third kappa shape index (κ3) is 4.77. The first-order valence-electron chi connectivity index (χ1n) is 6.50. The largest absolute Gasteiger partial charge is 0.493 e. The molecule has 20 heavy (non-hydrogen) atoms. The summed E-state index contributed by atoms with van der Waals surface area (Å²) < 4.78 is 11.1. The van der Waals surface area contributed by atoms with E-state index in [-0.39, 0.29) is 0 Å². The molecule has 0 atom stereocenters. The third-order valence-corrected chi connectivity index (χ3v) is 3.27. The van der Waals surface area contributed by atoms with Crippen molar-refractivity contribution in [2.24, 2.45) is 0 Å². The van der Waals surface area contributed by atoms with Gasteiger partial charge in [0, 0.05) is 11.6 Å². The van der Waals surface area contributed by atoms with Crippen LogP contribution < -0.4 is 9.47 Å². The number of hydrogen-bond donors (Lipinski definition) is 0. The van der Waals surface area contributed by atoms with E-state index in [1.165, 1.54) is 6.08 Å². The molecule has 0 amide bonds. The van der Waals surface area contributed by atoms with Gasteiger partial charge >= 0.3 is 0 Å². The molecule has 0 saturated heterocycles. The maximum Gasteiger partial charge on any atom is 0.235 e. The first-order valence-corrected chi connectivity index (χ1v) is 7.49. The lowest BCUT2D eigenvalue weighted by Gasteiger charge is -2.14. The summed E-state index contributed by atoms with van der Waals surface area (Å²) in [6.45, 7) is 6.89. The minimum absolute atomic E-state index is 0.495. The molecule has 0 heterocycles. The molecule has 0 saturated carbocycles. The van der Waals surface area contributed by atoms with Gasteiger partial charge in [-0.1, -0.05) is 6.92 Å². The minimum atomic E-state index is -0.495. The highest BCUT2D eigenvalue weighted by Gasteiger charge is 2.11. The van der Waals surface area contributed by atoms with Crippen LogP contribution in [-0.2, 0) is 0 Å². The van der Waals surface area contributed by atoms with Gasteiger partial charge in [0.2, 0.25) is 6.20 Å². The zero-order valence-corrected chi connectivity index (χ0v) is 12.7. The molecule has 0 spiro atoms. The van der Waals surface area contributed by atoms with Crippen molar-refractivity contribution in [3.8, 4) is 11.5 Å². The Labute approximate surface area is 123 Å². The Hall–Kier alpha value is -1.69. The van der Waals surface area contributed by atoms with Gasteiger partial charge in [0.25, 0.3) is 0 Å². The highest BCUT2D eigenvalue weighted by molar-refractivity contribution is 7.99. The zero-order chi connectivity index (χ0) is 15.0. The topological polar surface area (TPSA) is 61.6 Å². The van der Waals surface area contributed by atoms with Gasteiger partial charge in [-0.05, 0) is 31.7 Å². The summed E-state index contributed by atoms with van der Waals surface area (Å²) in [6, 6.07) is 3.66. The maximum absolute atomic E-state index is 10.5. The lowest BCUT2D eigenvalue weighted by Crippen LogP contribution is -1.99. The van der Waals surface area contributed by atoms with Gasteiger partial charge in [-0.15, -0.1) is 11.8 Å². The monoisotopic (exact) mass is 297 g/mol. The Morgan fingerprint density at radius 3 is 2.40 bits per heavy atom. The molecule has 110 valence electrons. The summed E-state index contributed by atoms with van der Waals surface area (Å²) in [5.74, 6) is 2.27. The Bertz CT molecular complexity index is 488. The third-order valence-electron chi connectivity index (χ3n) is 2.35. The normalized spacial score (nSPS) is 10.8.